The summed E-state index contributed by atoms with van der Waals surface area (Å²) in [4.78, 5) is 11.1. The summed E-state index contributed by atoms with van der Waals surface area (Å²) in [6.45, 7) is 5.40. The van der Waals surface area contributed by atoms with E-state index < -0.39 is 10.9 Å². The van der Waals surface area contributed by atoms with Crippen LogP contribution in [0.5, 0.6) is 0 Å². The number of carbonyl (C=O) groups excluding carboxylic acids is 1. The van der Waals surface area contributed by atoms with E-state index in [9.17, 15) is 4.79 Å². The number of carbonyl (C=O) groups is 1. The summed E-state index contributed by atoms with van der Waals surface area (Å²) >= 11 is 0. The molecule has 0 rings (SSSR count). The summed E-state index contributed by atoms with van der Waals surface area (Å²) in [5.74, 6) is 0.174. The first-order valence-electron chi connectivity index (χ1n) is 4.81. The maximum atomic E-state index is 11.1. The Kier molecular flexibility index (Phi) is 7.40. The largest absolute Gasteiger partial charge is 0.462 e. The molecule has 0 unspecified atom stereocenters. The fourth-order valence-corrected chi connectivity index (χ4v) is 2.36. The summed E-state index contributed by atoms with van der Waals surface area (Å²) in [5.41, 5.74) is 0.392. The van der Waals surface area contributed by atoms with Crippen molar-refractivity contribution >= 4 is 16.8 Å². The van der Waals surface area contributed by atoms with Crippen LogP contribution < -0.4 is 0 Å². The molecular formula is C10H20O5S. The highest BCUT2D eigenvalue weighted by Gasteiger charge is 2.22. The maximum Gasteiger partial charge on any atom is 0.333 e. The second-order valence-electron chi connectivity index (χ2n) is 3.03. The van der Waals surface area contributed by atoms with Crippen LogP contribution in [-0.2, 0) is 22.1 Å². The lowest BCUT2D eigenvalue weighted by atomic mass is 10.4. The van der Waals surface area contributed by atoms with Gasteiger partial charge >= 0.3 is 5.97 Å². The number of rotatable bonds is 8. The van der Waals surface area contributed by atoms with Gasteiger partial charge in [0.15, 0.2) is 0 Å². The van der Waals surface area contributed by atoms with Crippen molar-refractivity contribution in [3.05, 3.63) is 12.2 Å². The molecule has 0 aromatic carbocycles. The third-order valence-corrected chi connectivity index (χ3v) is 4.19. The summed E-state index contributed by atoms with van der Waals surface area (Å²) in [5, 5.41) is 0. The average Bonchev–Trinajstić information content (AvgIpc) is 2.30. The molecule has 0 radical (unpaired) electrons. The Balaban J connectivity index is 3.88. The van der Waals surface area contributed by atoms with Gasteiger partial charge in [-0.1, -0.05) is 6.58 Å². The van der Waals surface area contributed by atoms with E-state index in [0.717, 1.165) is 0 Å². The van der Waals surface area contributed by atoms with Crippen molar-refractivity contribution in [2.45, 2.75) is 13.3 Å². The molecule has 0 heterocycles. The smallest absolute Gasteiger partial charge is 0.333 e. The Morgan fingerprint density at radius 2 is 1.69 bits per heavy atom. The number of esters is 1. The SMILES string of the molecule is C=C(C)C(=O)OCCCS(OC)(OC)OC. The summed E-state index contributed by atoms with van der Waals surface area (Å²) in [7, 11) is 2.65. The van der Waals surface area contributed by atoms with Gasteiger partial charge in [-0.25, -0.2) is 4.79 Å². The van der Waals surface area contributed by atoms with Gasteiger partial charge in [0.2, 0.25) is 0 Å². The van der Waals surface area contributed by atoms with E-state index in [-0.39, 0.29) is 5.97 Å². The predicted octanol–water partition coefficient (Wildman–Crippen LogP) is 1.98. The third kappa shape index (κ3) is 4.98. The van der Waals surface area contributed by atoms with E-state index in [1.165, 1.54) is 21.3 Å². The van der Waals surface area contributed by atoms with Gasteiger partial charge in [0.1, 0.15) is 0 Å². The monoisotopic (exact) mass is 252 g/mol. The van der Waals surface area contributed by atoms with Gasteiger partial charge in [-0.05, 0) is 13.3 Å². The molecule has 0 saturated heterocycles. The minimum Gasteiger partial charge on any atom is -0.462 e. The van der Waals surface area contributed by atoms with E-state index in [4.69, 9.17) is 17.3 Å². The fraction of sp³-hybridized carbons (Fsp3) is 0.700. The van der Waals surface area contributed by atoms with Crippen LogP contribution in [0.2, 0.25) is 0 Å². The van der Waals surface area contributed by atoms with Crippen LogP contribution in [0.25, 0.3) is 0 Å². The van der Waals surface area contributed by atoms with Gasteiger partial charge < -0.3 is 4.74 Å². The lowest BCUT2D eigenvalue weighted by Crippen LogP contribution is -2.14. The van der Waals surface area contributed by atoms with Crippen molar-refractivity contribution in [3.63, 3.8) is 0 Å². The van der Waals surface area contributed by atoms with Gasteiger partial charge in [-0.3, -0.25) is 12.5 Å². The van der Waals surface area contributed by atoms with Crippen LogP contribution in [0.1, 0.15) is 13.3 Å². The van der Waals surface area contributed by atoms with Gasteiger partial charge in [-0.15, -0.1) is 0 Å². The molecule has 0 spiro atoms. The van der Waals surface area contributed by atoms with Crippen molar-refractivity contribution < 1.29 is 22.1 Å². The molecular weight excluding hydrogens is 232 g/mol. The van der Waals surface area contributed by atoms with Crippen LogP contribution in [0.15, 0.2) is 12.2 Å². The number of ether oxygens (including phenoxy) is 1. The summed E-state index contributed by atoms with van der Waals surface area (Å²) in [6, 6.07) is 0. The Bertz CT molecular complexity index is 229. The summed E-state index contributed by atoms with van der Waals surface area (Å²) < 4.78 is 20.5. The quantitative estimate of drug-likeness (QED) is 0.375. The first-order valence-corrected chi connectivity index (χ1v) is 6.39. The van der Waals surface area contributed by atoms with Gasteiger partial charge in [-0.2, -0.15) is 0 Å². The zero-order valence-corrected chi connectivity index (χ0v) is 11.1. The zero-order valence-electron chi connectivity index (χ0n) is 10.3. The lowest BCUT2D eigenvalue weighted by molar-refractivity contribution is -0.138. The highest BCUT2D eigenvalue weighted by Crippen LogP contribution is 2.49. The minimum atomic E-state index is -1.94. The van der Waals surface area contributed by atoms with Crippen LogP contribution >= 0.6 is 10.9 Å². The molecule has 0 fully saturated rings. The molecule has 0 aromatic rings. The van der Waals surface area contributed by atoms with Crippen molar-refractivity contribution in [2.75, 3.05) is 33.7 Å². The zero-order chi connectivity index (χ0) is 12.6. The topological polar surface area (TPSA) is 54.0 Å². The predicted molar refractivity (Wildman–Crippen MR) is 63.9 cm³/mol. The minimum absolute atomic E-state index is 0.302. The Morgan fingerprint density at radius 3 is 2.06 bits per heavy atom. The van der Waals surface area contributed by atoms with Crippen LogP contribution in [0, 0.1) is 0 Å². The molecule has 0 aliphatic rings. The van der Waals surface area contributed by atoms with Crippen LogP contribution in [0.4, 0.5) is 0 Å². The van der Waals surface area contributed by atoms with Crippen molar-refractivity contribution in [3.8, 4) is 0 Å². The molecule has 0 amide bonds. The number of hydrogen-bond donors (Lipinski definition) is 0. The van der Waals surface area contributed by atoms with Gasteiger partial charge in [0.05, 0.1) is 38.8 Å². The van der Waals surface area contributed by atoms with Crippen molar-refractivity contribution in [1.29, 1.82) is 0 Å². The Labute approximate surface area is 98.6 Å². The normalized spacial score (nSPS) is 12.2. The van der Waals surface area contributed by atoms with E-state index in [0.29, 0.717) is 24.4 Å². The van der Waals surface area contributed by atoms with E-state index in [1.54, 1.807) is 6.92 Å². The van der Waals surface area contributed by atoms with E-state index >= 15 is 0 Å². The molecule has 0 bridgehead atoms. The highest BCUT2D eigenvalue weighted by atomic mass is 32.3. The molecule has 0 saturated carbocycles. The second kappa shape index (κ2) is 7.67. The molecule has 0 atom stereocenters. The molecule has 0 aromatic heterocycles. The Morgan fingerprint density at radius 1 is 1.19 bits per heavy atom. The summed E-state index contributed by atoms with van der Waals surface area (Å²) in [6.07, 6.45) is 0.615. The van der Waals surface area contributed by atoms with Crippen molar-refractivity contribution in [1.82, 2.24) is 0 Å². The van der Waals surface area contributed by atoms with Crippen molar-refractivity contribution in [2.24, 2.45) is 0 Å². The van der Waals surface area contributed by atoms with E-state index in [1.807, 2.05) is 0 Å². The van der Waals surface area contributed by atoms with Crippen LogP contribution in [-0.4, -0.2) is 39.7 Å². The fourth-order valence-electron chi connectivity index (χ4n) is 0.978. The average molecular weight is 252 g/mol. The highest BCUT2D eigenvalue weighted by molar-refractivity contribution is 8.21. The molecule has 0 N–H and O–H groups in total. The van der Waals surface area contributed by atoms with Crippen LogP contribution in [0.3, 0.4) is 0 Å². The molecule has 5 nitrogen and oxygen atoms in total. The molecule has 0 aliphatic heterocycles. The molecule has 6 heteroatoms. The first kappa shape index (κ1) is 15.4. The van der Waals surface area contributed by atoms with Gasteiger partial charge in [0.25, 0.3) is 0 Å². The molecule has 16 heavy (non-hydrogen) atoms. The maximum absolute atomic E-state index is 11.1. The first-order chi connectivity index (χ1) is 7.51. The standard InChI is InChI=1S/C10H20O5S/c1-9(2)10(11)15-7-6-8-16(12-3,13-4)14-5/h1,6-8H2,2-5H3. The molecule has 96 valence electrons. The lowest BCUT2D eigenvalue weighted by Gasteiger charge is -2.33. The van der Waals surface area contributed by atoms with E-state index in [2.05, 4.69) is 6.58 Å². The number of hydrogen-bond acceptors (Lipinski definition) is 5. The third-order valence-electron chi connectivity index (χ3n) is 1.88. The molecule has 0 aliphatic carbocycles. The second-order valence-corrected chi connectivity index (χ2v) is 5.56. The Hall–Kier alpha value is -0.560. The van der Waals surface area contributed by atoms with Gasteiger partial charge in [0, 0.05) is 11.3 Å².